The van der Waals surface area contributed by atoms with Gasteiger partial charge in [0.1, 0.15) is 0 Å². The molecular formula is C23H28N4O6S2. The summed E-state index contributed by atoms with van der Waals surface area (Å²) in [5.41, 5.74) is 1.75. The summed E-state index contributed by atoms with van der Waals surface area (Å²) < 4.78 is 53.3. The summed E-state index contributed by atoms with van der Waals surface area (Å²) in [5.74, 6) is -0.366. The largest absolute Gasteiger partial charge is 0.340 e. The van der Waals surface area contributed by atoms with Crippen molar-refractivity contribution < 1.29 is 26.4 Å². The van der Waals surface area contributed by atoms with Crippen LogP contribution in [-0.2, 0) is 31.3 Å². The third-order valence-electron chi connectivity index (χ3n) is 6.39. The molecule has 0 bridgehead atoms. The molecule has 2 amide bonds. The summed E-state index contributed by atoms with van der Waals surface area (Å²) in [4.78, 5) is 28.1. The van der Waals surface area contributed by atoms with Gasteiger partial charge in [-0.1, -0.05) is 0 Å². The molecule has 2 aromatic carbocycles. The molecule has 1 fully saturated rings. The van der Waals surface area contributed by atoms with Gasteiger partial charge in [-0.2, -0.15) is 4.31 Å². The van der Waals surface area contributed by atoms with Crippen LogP contribution in [-0.4, -0.2) is 89.0 Å². The Hall–Kier alpha value is -2.80. The van der Waals surface area contributed by atoms with Crippen molar-refractivity contribution in [1.82, 2.24) is 13.5 Å². The van der Waals surface area contributed by atoms with Gasteiger partial charge >= 0.3 is 0 Å². The van der Waals surface area contributed by atoms with Gasteiger partial charge < -0.3 is 9.80 Å². The number of carbonyl (C=O) groups is 2. The lowest BCUT2D eigenvalue weighted by molar-refractivity contribution is -0.129. The van der Waals surface area contributed by atoms with Crippen LogP contribution >= 0.6 is 0 Å². The van der Waals surface area contributed by atoms with E-state index in [1.54, 1.807) is 21.9 Å². The number of hydrogen-bond acceptors (Lipinski definition) is 6. The van der Waals surface area contributed by atoms with E-state index in [0.29, 0.717) is 37.3 Å². The van der Waals surface area contributed by atoms with Crippen LogP contribution in [0.5, 0.6) is 0 Å². The van der Waals surface area contributed by atoms with Crippen LogP contribution < -0.4 is 4.90 Å². The second-order valence-corrected chi connectivity index (χ2v) is 12.8. The van der Waals surface area contributed by atoms with Crippen LogP contribution in [0.4, 0.5) is 5.69 Å². The third kappa shape index (κ3) is 4.70. The van der Waals surface area contributed by atoms with Crippen LogP contribution in [0.25, 0.3) is 0 Å². The normalized spacial score (nSPS) is 17.0. The Kier molecular flexibility index (Phi) is 6.75. The summed E-state index contributed by atoms with van der Waals surface area (Å²) in [6.07, 6.45) is 0.524. The van der Waals surface area contributed by atoms with Crippen molar-refractivity contribution in [3.63, 3.8) is 0 Å². The number of sulfonamides is 2. The van der Waals surface area contributed by atoms with Crippen LogP contribution in [0, 0.1) is 0 Å². The van der Waals surface area contributed by atoms with Gasteiger partial charge in [0.15, 0.2) is 0 Å². The highest BCUT2D eigenvalue weighted by Crippen LogP contribution is 2.32. The highest BCUT2D eigenvalue weighted by Gasteiger charge is 2.31. The number of rotatable bonds is 5. The minimum Gasteiger partial charge on any atom is -0.340 e. The second-order valence-electron chi connectivity index (χ2n) is 8.72. The van der Waals surface area contributed by atoms with E-state index in [1.807, 2.05) is 0 Å². The SMILES string of the molecule is CC(=O)N1CCN(S(=O)(=O)c2ccc(C(=O)N3CCc4cc(S(=O)(=O)N(C)C)ccc43)cc2)CC1. The molecule has 0 aliphatic carbocycles. The predicted octanol–water partition coefficient (Wildman–Crippen LogP) is 0.993. The molecule has 0 saturated carbocycles. The summed E-state index contributed by atoms with van der Waals surface area (Å²) in [6, 6.07) is 10.5. The van der Waals surface area contributed by atoms with E-state index in [1.165, 1.54) is 55.7 Å². The molecule has 188 valence electrons. The lowest BCUT2D eigenvalue weighted by Crippen LogP contribution is -2.49. The van der Waals surface area contributed by atoms with Crippen molar-refractivity contribution in [2.24, 2.45) is 0 Å². The number of hydrogen-bond donors (Lipinski definition) is 0. The quantitative estimate of drug-likeness (QED) is 0.581. The molecule has 10 nitrogen and oxygen atoms in total. The molecule has 1 saturated heterocycles. The van der Waals surface area contributed by atoms with Crippen LogP contribution in [0.1, 0.15) is 22.8 Å². The topological polar surface area (TPSA) is 115 Å². The molecule has 2 aliphatic rings. The van der Waals surface area contributed by atoms with E-state index in [0.717, 1.165) is 9.87 Å². The van der Waals surface area contributed by atoms with Crippen LogP contribution in [0.2, 0.25) is 0 Å². The zero-order valence-corrected chi connectivity index (χ0v) is 21.5. The maximum absolute atomic E-state index is 13.2. The molecule has 2 heterocycles. The van der Waals surface area contributed by atoms with E-state index in [9.17, 15) is 26.4 Å². The molecule has 2 aromatic rings. The second kappa shape index (κ2) is 9.34. The monoisotopic (exact) mass is 520 g/mol. The molecule has 0 unspecified atom stereocenters. The van der Waals surface area contributed by atoms with Gasteiger partial charge in [0.05, 0.1) is 9.79 Å². The Morgan fingerprint density at radius 2 is 1.43 bits per heavy atom. The highest BCUT2D eigenvalue weighted by atomic mass is 32.2. The fourth-order valence-corrected chi connectivity index (χ4v) is 6.65. The first kappa shape index (κ1) is 25.3. The van der Waals surface area contributed by atoms with Gasteiger partial charge in [0.2, 0.25) is 26.0 Å². The molecule has 0 spiro atoms. The fraction of sp³-hybridized carbons (Fsp3) is 0.391. The van der Waals surface area contributed by atoms with Gasteiger partial charge in [-0.05, 0) is 54.4 Å². The Bertz CT molecular complexity index is 1360. The molecule has 0 atom stereocenters. The van der Waals surface area contributed by atoms with E-state index in [2.05, 4.69) is 0 Å². The standard InChI is InChI=1S/C23H28N4O6S2/c1-17(28)25-12-14-26(15-13-25)35(32,33)20-6-4-18(5-7-20)23(29)27-11-10-19-16-21(8-9-22(19)27)34(30,31)24(2)3/h4-9,16H,10-15H2,1-3H3. The summed E-state index contributed by atoms with van der Waals surface area (Å²) in [6.45, 7) is 2.99. The van der Waals surface area contributed by atoms with Crippen molar-refractivity contribution in [2.45, 2.75) is 23.1 Å². The zero-order valence-electron chi connectivity index (χ0n) is 19.8. The average molecular weight is 521 g/mol. The lowest BCUT2D eigenvalue weighted by Gasteiger charge is -2.33. The number of piperazine rings is 1. The number of carbonyl (C=O) groups excluding carboxylic acids is 2. The van der Waals surface area contributed by atoms with E-state index >= 15 is 0 Å². The first-order chi connectivity index (χ1) is 16.4. The molecule has 0 aromatic heterocycles. The number of nitrogens with zero attached hydrogens (tertiary/aromatic N) is 4. The van der Waals surface area contributed by atoms with Crippen molar-refractivity contribution in [3.8, 4) is 0 Å². The van der Waals surface area contributed by atoms with E-state index in [4.69, 9.17) is 0 Å². The lowest BCUT2D eigenvalue weighted by atomic mass is 10.1. The molecule has 0 N–H and O–H groups in total. The number of benzene rings is 2. The van der Waals surface area contributed by atoms with E-state index in [-0.39, 0.29) is 34.7 Å². The minimum atomic E-state index is -3.74. The van der Waals surface area contributed by atoms with Gasteiger partial charge in [-0.25, -0.2) is 21.1 Å². The molecule has 35 heavy (non-hydrogen) atoms. The Labute approximate surface area is 205 Å². The number of amides is 2. The minimum absolute atomic E-state index is 0.0797. The molecule has 2 aliphatic heterocycles. The maximum Gasteiger partial charge on any atom is 0.258 e. The van der Waals surface area contributed by atoms with Crippen molar-refractivity contribution >= 4 is 37.5 Å². The fourth-order valence-electron chi connectivity index (χ4n) is 4.28. The zero-order chi connectivity index (χ0) is 25.5. The first-order valence-electron chi connectivity index (χ1n) is 11.2. The average Bonchev–Trinajstić information content (AvgIpc) is 3.27. The van der Waals surface area contributed by atoms with Gasteiger partial charge in [0, 0.05) is 65.0 Å². The molecule has 0 radical (unpaired) electrons. The van der Waals surface area contributed by atoms with Crippen molar-refractivity contribution in [2.75, 3.05) is 51.7 Å². The number of anilines is 1. The smallest absolute Gasteiger partial charge is 0.258 e. The Balaban J connectivity index is 1.50. The third-order valence-corrected chi connectivity index (χ3v) is 10.1. The predicted molar refractivity (Wildman–Crippen MR) is 130 cm³/mol. The molecular weight excluding hydrogens is 492 g/mol. The number of fused-ring (bicyclic) bond motifs is 1. The summed E-state index contributed by atoms with van der Waals surface area (Å²) in [5, 5.41) is 0. The summed E-state index contributed by atoms with van der Waals surface area (Å²) in [7, 11) is -4.38. The first-order valence-corrected chi connectivity index (χ1v) is 14.0. The van der Waals surface area contributed by atoms with Crippen LogP contribution in [0.3, 0.4) is 0 Å². The Morgan fingerprint density at radius 1 is 0.829 bits per heavy atom. The molecule has 4 rings (SSSR count). The van der Waals surface area contributed by atoms with Gasteiger partial charge in [0.25, 0.3) is 5.91 Å². The molecule has 12 heteroatoms. The Morgan fingerprint density at radius 3 is 2.00 bits per heavy atom. The highest BCUT2D eigenvalue weighted by molar-refractivity contribution is 7.89. The van der Waals surface area contributed by atoms with Gasteiger partial charge in [-0.3, -0.25) is 9.59 Å². The van der Waals surface area contributed by atoms with Crippen molar-refractivity contribution in [1.29, 1.82) is 0 Å². The van der Waals surface area contributed by atoms with Gasteiger partial charge in [-0.15, -0.1) is 0 Å². The van der Waals surface area contributed by atoms with Crippen molar-refractivity contribution in [3.05, 3.63) is 53.6 Å². The summed E-state index contributed by atoms with van der Waals surface area (Å²) >= 11 is 0. The van der Waals surface area contributed by atoms with Crippen LogP contribution in [0.15, 0.2) is 52.3 Å². The maximum atomic E-state index is 13.2. The van der Waals surface area contributed by atoms with E-state index < -0.39 is 20.0 Å².